The summed E-state index contributed by atoms with van der Waals surface area (Å²) in [4.78, 5) is 20.2. The van der Waals surface area contributed by atoms with Gasteiger partial charge in [0, 0.05) is 5.02 Å². The molecule has 0 radical (unpaired) electrons. The van der Waals surface area contributed by atoms with Crippen LogP contribution in [0.15, 0.2) is 24.3 Å². The Morgan fingerprint density at radius 1 is 1.26 bits per heavy atom. The van der Waals surface area contributed by atoms with Gasteiger partial charge in [-0.15, -0.1) is 0 Å². The van der Waals surface area contributed by atoms with Crippen molar-refractivity contribution < 1.29 is 19.4 Å². The van der Waals surface area contributed by atoms with E-state index in [9.17, 15) is 9.59 Å². The van der Waals surface area contributed by atoms with Crippen molar-refractivity contribution in [3.8, 4) is 0 Å². The molecule has 1 amide bonds. The molecule has 3 N–H and O–H groups in total. The van der Waals surface area contributed by atoms with Gasteiger partial charge >= 0.3 is 12.1 Å². The number of hydrogen-bond donors (Lipinski definition) is 2. The smallest absolute Gasteiger partial charge is 0.405 e. The van der Waals surface area contributed by atoms with E-state index in [1.807, 2.05) is 0 Å². The number of amides is 1. The third kappa shape index (κ3) is 11.1. The number of carbonyl (C=O) groups excluding carboxylic acids is 1. The largest absolute Gasteiger partial charge is 0.481 e. The maximum atomic E-state index is 10.2. The first-order chi connectivity index (χ1) is 8.60. The van der Waals surface area contributed by atoms with Crippen molar-refractivity contribution >= 4 is 23.7 Å². The van der Waals surface area contributed by atoms with E-state index in [-0.39, 0.29) is 6.42 Å². The first-order valence-corrected chi connectivity index (χ1v) is 5.92. The molecule has 106 valence electrons. The zero-order valence-electron chi connectivity index (χ0n) is 11.1. The van der Waals surface area contributed by atoms with E-state index in [2.05, 4.69) is 4.74 Å². The molecule has 0 heterocycles. The van der Waals surface area contributed by atoms with Gasteiger partial charge in [-0.05, 0) is 38.5 Å². The first kappa shape index (κ1) is 17.2. The molecule has 6 heteroatoms. The van der Waals surface area contributed by atoms with Crippen molar-refractivity contribution in [3.05, 3.63) is 34.9 Å². The minimum absolute atomic E-state index is 0.0527. The summed E-state index contributed by atoms with van der Waals surface area (Å²) in [5, 5.41) is 9.03. The summed E-state index contributed by atoms with van der Waals surface area (Å²) in [6.45, 7) is 5.28. The third-order valence-corrected chi connectivity index (χ3v) is 1.93. The number of rotatable bonds is 2. The molecule has 0 spiro atoms. The molecule has 0 atom stereocenters. The van der Waals surface area contributed by atoms with Crippen LogP contribution in [0.1, 0.15) is 26.3 Å². The molecule has 0 aromatic heterocycles. The zero-order valence-corrected chi connectivity index (χ0v) is 11.9. The minimum Gasteiger partial charge on any atom is -0.481 e. The van der Waals surface area contributed by atoms with E-state index in [0.717, 1.165) is 5.56 Å². The molecule has 0 saturated carbocycles. The van der Waals surface area contributed by atoms with Crippen LogP contribution in [-0.4, -0.2) is 22.8 Å². The van der Waals surface area contributed by atoms with Crippen molar-refractivity contribution in [3.63, 3.8) is 0 Å². The highest BCUT2D eigenvalue weighted by atomic mass is 35.5. The number of benzene rings is 1. The number of halogens is 1. The van der Waals surface area contributed by atoms with Crippen LogP contribution in [0, 0.1) is 0 Å². The molecule has 0 unspecified atom stereocenters. The Morgan fingerprint density at radius 3 is 2.00 bits per heavy atom. The van der Waals surface area contributed by atoms with Crippen molar-refractivity contribution in [2.45, 2.75) is 32.8 Å². The lowest BCUT2D eigenvalue weighted by Gasteiger charge is -2.16. The van der Waals surface area contributed by atoms with Crippen LogP contribution in [0.4, 0.5) is 4.79 Å². The Labute approximate surface area is 117 Å². The fourth-order valence-electron chi connectivity index (χ4n) is 1.08. The Bertz CT molecular complexity index is 423. The predicted molar refractivity (Wildman–Crippen MR) is 73.2 cm³/mol. The third-order valence-electron chi connectivity index (χ3n) is 1.68. The lowest BCUT2D eigenvalue weighted by Crippen LogP contribution is -2.27. The highest BCUT2D eigenvalue weighted by molar-refractivity contribution is 6.30. The monoisotopic (exact) mass is 287 g/mol. The number of carboxylic acid groups (broad SMARTS) is 1. The van der Waals surface area contributed by atoms with Crippen molar-refractivity contribution in [2.75, 3.05) is 0 Å². The van der Waals surface area contributed by atoms with E-state index in [0.29, 0.717) is 5.02 Å². The van der Waals surface area contributed by atoms with E-state index < -0.39 is 17.7 Å². The molecule has 0 aliphatic rings. The van der Waals surface area contributed by atoms with Crippen molar-refractivity contribution in [1.82, 2.24) is 0 Å². The Morgan fingerprint density at radius 2 is 1.74 bits per heavy atom. The van der Waals surface area contributed by atoms with Gasteiger partial charge in [-0.25, -0.2) is 4.79 Å². The molecular weight excluding hydrogens is 270 g/mol. The Kier molecular flexibility index (Phi) is 6.93. The molecular formula is C13H18ClNO4. The second-order valence-electron chi connectivity index (χ2n) is 4.73. The molecule has 0 fully saturated rings. The molecule has 0 aliphatic heterocycles. The fraction of sp³-hybridized carbons (Fsp3) is 0.385. The standard InChI is InChI=1S/C8H7ClO2.C5H11NO2/c9-7-3-1-6(2-4-7)5-8(10)11;1-5(2,3)8-4(6)7/h1-4H,5H2,(H,10,11);1-3H3,(H2,6,7). The van der Waals surface area contributed by atoms with E-state index in [4.69, 9.17) is 22.4 Å². The van der Waals surface area contributed by atoms with Gasteiger partial charge in [0.2, 0.25) is 0 Å². The summed E-state index contributed by atoms with van der Waals surface area (Å²) >= 11 is 5.60. The highest BCUT2D eigenvalue weighted by Gasteiger charge is 2.12. The lowest BCUT2D eigenvalue weighted by atomic mass is 10.2. The average molecular weight is 288 g/mol. The molecule has 19 heavy (non-hydrogen) atoms. The Balaban J connectivity index is 0.000000362. The van der Waals surface area contributed by atoms with E-state index >= 15 is 0 Å². The number of ether oxygens (including phenoxy) is 1. The van der Waals surface area contributed by atoms with Gasteiger partial charge in [0.05, 0.1) is 6.42 Å². The molecule has 1 aromatic carbocycles. The number of hydrogen-bond acceptors (Lipinski definition) is 3. The van der Waals surface area contributed by atoms with E-state index in [1.54, 1.807) is 45.0 Å². The van der Waals surface area contributed by atoms with Gasteiger partial charge in [0.15, 0.2) is 0 Å². The maximum absolute atomic E-state index is 10.2. The van der Waals surface area contributed by atoms with Gasteiger partial charge in [-0.3, -0.25) is 4.79 Å². The summed E-state index contributed by atoms with van der Waals surface area (Å²) < 4.78 is 4.58. The van der Waals surface area contributed by atoms with E-state index in [1.165, 1.54) is 0 Å². The van der Waals surface area contributed by atoms with Crippen LogP contribution < -0.4 is 5.73 Å². The highest BCUT2D eigenvalue weighted by Crippen LogP contribution is 2.09. The minimum atomic E-state index is -0.827. The topological polar surface area (TPSA) is 89.6 Å². The van der Waals surface area contributed by atoms with Gasteiger partial charge in [-0.2, -0.15) is 0 Å². The van der Waals surface area contributed by atoms with Gasteiger partial charge in [-0.1, -0.05) is 23.7 Å². The zero-order chi connectivity index (χ0) is 15.1. The summed E-state index contributed by atoms with van der Waals surface area (Å²) in [7, 11) is 0. The quantitative estimate of drug-likeness (QED) is 0.875. The Hall–Kier alpha value is -1.75. The molecule has 1 aromatic rings. The second kappa shape index (κ2) is 7.63. The first-order valence-electron chi connectivity index (χ1n) is 5.55. The van der Waals surface area contributed by atoms with Crippen LogP contribution in [-0.2, 0) is 16.0 Å². The number of carboxylic acids is 1. The molecule has 0 saturated heterocycles. The maximum Gasteiger partial charge on any atom is 0.405 e. The number of nitrogens with two attached hydrogens (primary N) is 1. The van der Waals surface area contributed by atoms with Crippen molar-refractivity contribution in [2.24, 2.45) is 5.73 Å². The summed E-state index contributed by atoms with van der Waals surface area (Å²) in [5.74, 6) is -0.827. The van der Waals surface area contributed by atoms with Crippen LogP contribution in [0.3, 0.4) is 0 Å². The normalized spacial score (nSPS) is 10.1. The lowest BCUT2D eigenvalue weighted by molar-refractivity contribution is -0.136. The number of carbonyl (C=O) groups is 2. The van der Waals surface area contributed by atoms with Crippen molar-refractivity contribution in [1.29, 1.82) is 0 Å². The van der Waals surface area contributed by atoms with Crippen LogP contribution >= 0.6 is 11.6 Å². The predicted octanol–water partition coefficient (Wildman–Crippen LogP) is 2.85. The summed E-state index contributed by atoms with van der Waals surface area (Å²) in [6, 6.07) is 6.77. The van der Waals surface area contributed by atoms with Crippen LogP contribution in [0.2, 0.25) is 5.02 Å². The van der Waals surface area contributed by atoms with Crippen LogP contribution in [0.5, 0.6) is 0 Å². The van der Waals surface area contributed by atoms with Crippen LogP contribution in [0.25, 0.3) is 0 Å². The fourth-order valence-corrected chi connectivity index (χ4v) is 1.20. The number of primary amides is 1. The second-order valence-corrected chi connectivity index (χ2v) is 5.17. The molecule has 5 nitrogen and oxygen atoms in total. The SMILES string of the molecule is CC(C)(C)OC(N)=O.O=C(O)Cc1ccc(Cl)cc1. The van der Waals surface area contributed by atoms with Gasteiger partial charge in [0.25, 0.3) is 0 Å². The average Bonchev–Trinajstić information content (AvgIpc) is 2.18. The molecule has 1 rings (SSSR count). The van der Waals surface area contributed by atoms with Gasteiger partial charge in [0.1, 0.15) is 5.60 Å². The summed E-state index contributed by atoms with van der Waals surface area (Å²) in [5.41, 5.74) is 5.03. The van der Waals surface area contributed by atoms with Gasteiger partial charge < -0.3 is 15.6 Å². The number of aliphatic carboxylic acids is 1. The molecule has 0 bridgehead atoms. The summed E-state index contributed by atoms with van der Waals surface area (Å²) in [6.07, 6.45) is -0.672. The molecule has 0 aliphatic carbocycles.